The lowest BCUT2D eigenvalue weighted by Crippen LogP contribution is -2.45. The second-order valence-corrected chi connectivity index (χ2v) is 6.43. The number of ether oxygens (including phenoxy) is 1. The van der Waals surface area contributed by atoms with Crippen molar-refractivity contribution < 1.29 is 4.74 Å². The first-order chi connectivity index (χ1) is 10.5. The van der Waals surface area contributed by atoms with E-state index in [2.05, 4.69) is 41.9 Å². The zero-order chi connectivity index (χ0) is 16.1. The van der Waals surface area contributed by atoms with Crippen molar-refractivity contribution in [2.75, 3.05) is 65.1 Å². The standard InChI is InChI=1S/C17H30N4O/c1-19(2)11-12-20(3)14-7-9-21(10-8-14)15-5-6-16(18)17(13-15)22-4/h5-6,13-14H,7-12,18H2,1-4H3. The summed E-state index contributed by atoms with van der Waals surface area (Å²) in [7, 11) is 8.17. The van der Waals surface area contributed by atoms with Crippen molar-refractivity contribution in [3.63, 3.8) is 0 Å². The summed E-state index contributed by atoms with van der Waals surface area (Å²) in [5, 5.41) is 0. The molecule has 1 aromatic carbocycles. The van der Waals surface area contributed by atoms with E-state index in [1.165, 1.54) is 18.5 Å². The predicted octanol–water partition coefficient (Wildman–Crippen LogP) is 1.74. The summed E-state index contributed by atoms with van der Waals surface area (Å²) >= 11 is 0. The molecule has 0 amide bonds. The topological polar surface area (TPSA) is 45.0 Å². The van der Waals surface area contributed by atoms with E-state index < -0.39 is 0 Å². The van der Waals surface area contributed by atoms with Crippen LogP contribution in [0.15, 0.2) is 18.2 Å². The highest BCUT2D eigenvalue weighted by Crippen LogP contribution is 2.29. The lowest BCUT2D eigenvalue weighted by atomic mass is 10.0. The van der Waals surface area contributed by atoms with E-state index in [0.29, 0.717) is 11.7 Å². The van der Waals surface area contributed by atoms with Crippen molar-refractivity contribution in [3.8, 4) is 5.75 Å². The highest BCUT2D eigenvalue weighted by Gasteiger charge is 2.22. The van der Waals surface area contributed by atoms with Gasteiger partial charge in [0.15, 0.2) is 0 Å². The molecule has 1 heterocycles. The minimum Gasteiger partial charge on any atom is -0.495 e. The van der Waals surface area contributed by atoms with Gasteiger partial charge in [0.05, 0.1) is 12.8 Å². The zero-order valence-corrected chi connectivity index (χ0v) is 14.4. The van der Waals surface area contributed by atoms with E-state index >= 15 is 0 Å². The van der Waals surface area contributed by atoms with Gasteiger partial charge in [0.2, 0.25) is 0 Å². The molecule has 0 radical (unpaired) electrons. The predicted molar refractivity (Wildman–Crippen MR) is 93.8 cm³/mol. The normalized spacial score (nSPS) is 16.5. The van der Waals surface area contributed by atoms with Crippen molar-refractivity contribution in [2.45, 2.75) is 18.9 Å². The summed E-state index contributed by atoms with van der Waals surface area (Å²) in [6.45, 7) is 4.42. The first kappa shape index (κ1) is 16.9. The van der Waals surface area contributed by atoms with Crippen LogP contribution < -0.4 is 15.4 Å². The number of piperidine rings is 1. The second-order valence-electron chi connectivity index (χ2n) is 6.43. The number of rotatable bonds is 6. The number of nitrogens with two attached hydrogens (primary N) is 1. The second kappa shape index (κ2) is 7.70. The van der Waals surface area contributed by atoms with Gasteiger partial charge in [0.1, 0.15) is 5.75 Å². The molecule has 0 aromatic heterocycles. The molecule has 1 aliphatic rings. The largest absolute Gasteiger partial charge is 0.495 e. The summed E-state index contributed by atoms with van der Waals surface area (Å²) in [4.78, 5) is 7.17. The molecule has 124 valence electrons. The molecular weight excluding hydrogens is 276 g/mol. The van der Waals surface area contributed by atoms with Crippen LogP contribution in [0.1, 0.15) is 12.8 Å². The molecule has 2 N–H and O–H groups in total. The van der Waals surface area contributed by atoms with E-state index in [9.17, 15) is 0 Å². The Bertz CT molecular complexity index is 470. The quantitative estimate of drug-likeness (QED) is 0.811. The number of methoxy groups -OCH3 is 1. The molecule has 0 atom stereocenters. The van der Waals surface area contributed by atoms with Gasteiger partial charge in [0.25, 0.3) is 0 Å². The van der Waals surface area contributed by atoms with Crippen LogP contribution in [-0.2, 0) is 0 Å². The highest BCUT2D eigenvalue weighted by molar-refractivity contribution is 5.62. The molecule has 0 bridgehead atoms. The molecule has 2 rings (SSSR count). The fourth-order valence-corrected chi connectivity index (χ4v) is 3.00. The Hall–Kier alpha value is -1.46. The van der Waals surface area contributed by atoms with Crippen LogP contribution in [0.3, 0.4) is 0 Å². The Kier molecular flexibility index (Phi) is 5.91. The van der Waals surface area contributed by atoms with E-state index in [4.69, 9.17) is 10.5 Å². The van der Waals surface area contributed by atoms with Gasteiger partial charge in [-0.25, -0.2) is 0 Å². The maximum absolute atomic E-state index is 5.89. The maximum atomic E-state index is 5.89. The lowest BCUT2D eigenvalue weighted by Gasteiger charge is -2.38. The van der Waals surface area contributed by atoms with E-state index in [0.717, 1.165) is 31.9 Å². The third-order valence-electron chi connectivity index (χ3n) is 4.57. The Morgan fingerprint density at radius 2 is 1.86 bits per heavy atom. The van der Waals surface area contributed by atoms with Gasteiger partial charge in [-0.15, -0.1) is 0 Å². The summed E-state index contributed by atoms with van der Waals surface area (Å²) < 4.78 is 5.33. The first-order valence-corrected chi connectivity index (χ1v) is 8.04. The summed E-state index contributed by atoms with van der Waals surface area (Å²) in [5.41, 5.74) is 7.80. The third kappa shape index (κ3) is 4.27. The number of anilines is 2. The average molecular weight is 306 g/mol. The van der Waals surface area contributed by atoms with Crippen molar-refractivity contribution in [1.29, 1.82) is 0 Å². The molecule has 1 aromatic rings. The minimum absolute atomic E-state index is 0.687. The van der Waals surface area contributed by atoms with E-state index in [1.807, 2.05) is 12.1 Å². The van der Waals surface area contributed by atoms with Crippen LogP contribution in [0.4, 0.5) is 11.4 Å². The molecule has 1 saturated heterocycles. The summed E-state index contributed by atoms with van der Waals surface area (Å²) in [6, 6.07) is 6.76. The fourth-order valence-electron chi connectivity index (χ4n) is 3.00. The third-order valence-corrected chi connectivity index (χ3v) is 4.57. The van der Waals surface area contributed by atoms with Crippen LogP contribution in [0.5, 0.6) is 5.75 Å². The molecule has 22 heavy (non-hydrogen) atoms. The molecule has 5 heteroatoms. The van der Waals surface area contributed by atoms with Gasteiger partial charge < -0.3 is 25.2 Å². The van der Waals surface area contributed by atoms with Crippen LogP contribution in [-0.4, -0.2) is 70.3 Å². The van der Waals surface area contributed by atoms with E-state index in [-0.39, 0.29) is 0 Å². The Labute approximate surface area is 134 Å². The lowest BCUT2D eigenvalue weighted by molar-refractivity contribution is 0.190. The molecule has 1 aliphatic heterocycles. The van der Waals surface area contributed by atoms with Crippen molar-refractivity contribution in [2.24, 2.45) is 0 Å². The molecule has 5 nitrogen and oxygen atoms in total. The number of hydrogen-bond donors (Lipinski definition) is 1. The number of benzene rings is 1. The SMILES string of the molecule is COc1cc(N2CCC(N(C)CCN(C)C)CC2)ccc1N. The Balaban J connectivity index is 1.89. The zero-order valence-electron chi connectivity index (χ0n) is 14.4. The van der Waals surface area contributed by atoms with Gasteiger partial charge in [-0.1, -0.05) is 0 Å². The first-order valence-electron chi connectivity index (χ1n) is 8.04. The summed E-state index contributed by atoms with van der Waals surface area (Å²) in [6.07, 6.45) is 2.41. The smallest absolute Gasteiger partial charge is 0.143 e. The van der Waals surface area contributed by atoms with Gasteiger partial charge in [-0.2, -0.15) is 0 Å². The highest BCUT2D eigenvalue weighted by atomic mass is 16.5. The summed E-state index contributed by atoms with van der Waals surface area (Å²) in [5.74, 6) is 0.766. The average Bonchev–Trinajstić information content (AvgIpc) is 2.53. The fraction of sp³-hybridized carbons (Fsp3) is 0.647. The molecule has 0 spiro atoms. The number of hydrogen-bond acceptors (Lipinski definition) is 5. The molecule has 1 fully saturated rings. The maximum Gasteiger partial charge on any atom is 0.143 e. The van der Waals surface area contributed by atoms with Gasteiger partial charge in [0, 0.05) is 44.0 Å². The molecule has 0 aliphatic carbocycles. The van der Waals surface area contributed by atoms with Crippen molar-refractivity contribution in [1.82, 2.24) is 9.80 Å². The van der Waals surface area contributed by atoms with Crippen LogP contribution in [0.2, 0.25) is 0 Å². The molecule has 0 unspecified atom stereocenters. The van der Waals surface area contributed by atoms with Gasteiger partial charge in [-0.05, 0) is 46.1 Å². The minimum atomic E-state index is 0.687. The Morgan fingerprint density at radius 3 is 2.45 bits per heavy atom. The van der Waals surface area contributed by atoms with Gasteiger partial charge in [-0.3, -0.25) is 0 Å². The molecule has 0 saturated carbocycles. The van der Waals surface area contributed by atoms with Crippen molar-refractivity contribution in [3.05, 3.63) is 18.2 Å². The van der Waals surface area contributed by atoms with Gasteiger partial charge >= 0.3 is 0 Å². The van der Waals surface area contributed by atoms with E-state index in [1.54, 1.807) is 7.11 Å². The van der Waals surface area contributed by atoms with Crippen molar-refractivity contribution >= 4 is 11.4 Å². The van der Waals surface area contributed by atoms with Crippen LogP contribution >= 0.6 is 0 Å². The molecular formula is C17H30N4O. The number of nitrogens with zero attached hydrogens (tertiary/aromatic N) is 3. The Morgan fingerprint density at radius 1 is 1.18 bits per heavy atom. The van der Waals surface area contributed by atoms with Crippen LogP contribution in [0, 0.1) is 0 Å². The number of likely N-dealkylation sites (N-methyl/N-ethyl adjacent to an activating group) is 2. The number of nitrogen functional groups attached to an aromatic ring is 1. The monoisotopic (exact) mass is 306 g/mol. The van der Waals surface area contributed by atoms with Crippen LogP contribution in [0.25, 0.3) is 0 Å².